The zero-order valence-corrected chi connectivity index (χ0v) is 19.1. The third kappa shape index (κ3) is 5.35. The van der Waals surface area contributed by atoms with Crippen molar-refractivity contribution in [3.05, 3.63) is 57.4 Å². The summed E-state index contributed by atoms with van der Waals surface area (Å²) in [6.07, 6.45) is 6.87. The van der Waals surface area contributed by atoms with E-state index in [0.29, 0.717) is 51.5 Å². The fraction of sp³-hybridized carbons (Fsp3) is 0.286. The van der Waals surface area contributed by atoms with Crippen molar-refractivity contribution in [1.82, 2.24) is 25.2 Å². The molecule has 0 aliphatic heterocycles. The van der Waals surface area contributed by atoms with E-state index in [4.69, 9.17) is 37.1 Å². The fourth-order valence-corrected chi connectivity index (χ4v) is 3.71. The van der Waals surface area contributed by atoms with Gasteiger partial charge in [0.25, 0.3) is 0 Å². The first-order valence-corrected chi connectivity index (χ1v) is 10.9. The Kier molecular flexibility index (Phi) is 7.26. The van der Waals surface area contributed by atoms with E-state index in [0.717, 1.165) is 19.3 Å². The van der Waals surface area contributed by atoms with E-state index in [2.05, 4.69) is 25.7 Å². The van der Waals surface area contributed by atoms with Gasteiger partial charge in [-0.2, -0.15) is 4.80 Å². The maximum absolute atomic E-state index is 12.3. The number of fused-ring (bicyclic) bond motifs is 1. The molecule has 3 heterocycles. The predicted molar refractivity (Wildman–Crippen MR) is 124 cm³/mol. The molecule has 12 heteroatoms. The van der Waals surface area contributed by atoms with Gasteiger partial charge in [-0.1, -0.05) is 23.2 Å². The molecule has 3 aromatic heterocycles. The largest absolute Gasteiger partial charge is 0.493 e. The van der Waals surface area contributed by atoms with Crippen LogP contribution in [0.4, 0.5) is 11.4 Å². The lowest BCUT2D eigenvalue weighted by Crippen LogP contribution is -2.06. The second-order valence-corrected chi connectivity index (χ2v) is 7.81. The van der Waals surface area contributed by atoms with E-state index in [9.17, 15) is 4.79 Å². The van der Waals surface area contributed by atoms with Gasteiger partial charge in [0.2, 0.25) is 5.75 Å². The van der Waals surface area contributed by atoms with Gasteiger partial charge in [-0.25, -0.2) is 4.79 Å². The Bertz CT molecular complexity index is 1280. The molecular formula is C21H20Cl2N6O4. The summed E-state index contributed by atoms with van der Waals surface area (Å²) < 4.78 is 16.9. The minimum Gasteiger partial charge on any atom is -0.493 e. The zero-order chi connectivity index (χ0) is 23.2. The van der Waals surface area contributed by atoms with E-state index in [1.54, 1.807) is 16.9 Å². The Morgan fingerprint density at radius 1 is 1.15 bits per heavy atom. The Hall–Kier alpha value is -3.37. The highest BCUT2D eigenvalue weighted by Crippen LogP contribution is 2.40. The number of pyridine rings is 1. The summed E-state index contributed by atoms with van der Waals surface area (Å²) in [6, 6.07) is 4.83. The number of nitrogens with zero attached hydrogens (tertiary/aromatic N) is 5. The van der Waals surface area contributed by atoms with Crippen LogP contribution in [0.1, 0.15) is 19.3 Å². The number of nitrogens with one attached hydrogen (secondary N) is 1. The van der Waals surface area contributed by atoms with Crippen LogP contribution in [0, 0.1) is 0 Å². The smallest absolute Gasteiger partial charge is 0.338 e. The highest BCUT2D eigenvalue weighted by atomic mass is 35.5. The lowest BCUT2D eigenvalue weighted by Gasteiger charge is -2.15. The van der Waals surface area contributed by atoms with Gasteiger partial charge in [0.05, 0.1) is 41.7 Å². The van der Waals surface area contributed by atoms with Crippen LogP contribution in [0.5, 0.6) is 11.5 Å². The molecule has 4 aromatic rings. The number of aromatic nitrogens is 5. The van der Waals surface area contributed by atoms with E-state index < -0.39 is 5.63 Å². The van der Waals surface area contributed by atoms with E-state index in [1.807, 2.05) is 0 Å². The van der Waals surface area contributed by atoms with E-state index in [-0.39, 0.29) is 5.58 Å². The molecule has 0 atom stereocenters. The molecule has 0 fully saturated rings. The first-order chi connectivity index (χ1) is 16.1. The van der Waals surface area contributed by atoms with Gasteiger partial charge in [-0.05, 0) is 36.6 Å². The number of methoxy groups -OCH3 is 1. The first-order valence-electron chi connectivity index (χ1n) is 10.1. The second kappa shape index (κ2) is 10.5. The molecule has 0 aliphatic carbocycles. The van der Waals surface area contributed by atoms with Gasteiger partial charge in [0.15, 0.2) is 17.7 Å². The van der Waals surface area contributed by atoms with Crippen molar-refractivity contribution in [3.63, 3.8) is 0 Å². The van der Waals surface area contributed by atoms with Crippen LogP contribution in [-0.4, -0.2) is 38.9 Å². The van der Waals surface area contributed by atoms with Gasteiger partial charge < -0.3 is 19.2 Å². The van der Waals surface area contributed by atoms with Crippen LogP contribution in [0.2, 0.25) is 10.0 Å². The summed E-state index contributed by atoms with van der Waals surface area (Å²) in [5.74, 6) is 0.801. The van der Waals surface area contributed by atoms with E-state index in [1.165, 1.54) is 31.9 Å². The number of hydrogen-bond acceptors (Lipinski definition) is 9. The fourth-order valence-electron chi connectivity index (χ4n) is 3.25. The molecule has 0 amide bonds. The molecule has 4 rings (SSSR count). The molecule has 0 radical (unpaired) electrons. The number of rotatable bonds is 10. The number of hydrogen-bond donors (Lipinski definition) is 1. The summed E-state index contributed by atoms with van der Waals surface area (Å²) in [6.45, 7) is 1.09. The summed E-state index contributed by atoms with van der Waals surface area (Å²) in [5, 5.41) is 15.8. The van der Waals surface area contributed by atoms with Crippen molar-refractivity contribution in [3.8, 4) is 11.5 Å². The molecule has 0 saturated heterocycles. The number of aryl methyl sites for hydroxylation is 1. The monoisotopic (exact) mass is 490 g/mol. The number of tetrazole rings is 1. The third-order valence-electron chi connectivity index (χ3n) is 4.80. The van der Waals surface area contributed by atoms with Gasteiger partial charge in [-0.3, -0.25) is 4.98 Å². The Labute approximate surface area is 198 Å². The number of ether oxygens (including phenoxy) is 2. The Morgan fingerprint density at radius 3 is 2.70 bits per heavy atom. The van der Waals surface area contributed by atoms with Crippen molar-refractivity contribution in [2.75, 3.05) is 19.0 Å². The van der Waals surface area contributed by atoms with Crippen LogP contribution in [0.3, 0.4) is 0 Å². The molecule has 0 aliphatic rings. The molecule has 33 heavy (non-hydrogen) atoms. The summed E-state index contributed by atoms with van der Waals surface area (Å²) in [4.78, 5) is 17.8. The van der Waals surface area contributed by atoms with Crippen LogP contribution >= 0.6 is 23.2 Å². The SMILES string of the molecule is COc1ccc2c(Nc3c(Cl)cncc3Cl)cc(=O)oc2c1OCCCCCn1ncnn1. The summed E-state index contributed by atoms with van der Waals surface area (Å²) >= 11 is 12.4. The minimum atomic E-state index is -0.565. The van der Waals surface area contributed by atoms with Gasteiger partial charge in [0.1, 0.15) is 0 Å². The molecule has 0 unspecified atom stereocenters. The van der Waals surface area contributed by atoms with Gasteiger partial charge >= 0.3 is 5.63 Å². The van der Waals surface area contributed by atoms with Crippen LogP contribution < -0.4 is 20.4 Å². The Morgan fingerprint density at radius 2 is 1.97 bits per heavy atom. The maximum Gasteiger partial charge on any atom is 0.338 e. The molecular weight excluding hydrogens is 471 g/mol. The van der Waals surface area contributed by atoms with Crippen molar-refractivity contribution >= 4 is 45.5 Å². The second-order valence-electron chi connectivity index (χ2n) is 7.00. The normalized spacial score (nSPS) is 11.0. The van der Waals surface area contributed by atoms with Gasteiger partial charge in [0, 0.05) is 23.8 Å². The average Bonchev–Trinajstić information content (AvgIpc) is 3.32. The highest BCUT2D eigenvalue weighted by molar-refractivity contribution is 6.39. The topological polar surface area (TPSA) is 117 Å². The molecule has 1 N–H and O–H groups in total. The standard InChI is InChI=1S/C21H20Cl2N6O4/c1-31-17-6-5-13-16(27-19-14(22)10-24-11-15(19)23)9-18(30)33-20(13)21(17)32-8-4-2-3-7-29-26-12-25-28-29/h5-6,9-12H,2-4,7-8H2,1H3,(H,24,27). The molecule has 172 valence electrons. The van der Waals surface area contributed by atoms with Gasteiger partial charge in [-0.15, -0.1) is 10.2 Å². The number of anilines is 2. The summed E-state index contributed by atoms with van der Waals surface area (Å²) in [7, 11) is 1.52. The van der Waals surface area contributed by atoms with Crippen molar-refractivity contribution in [1.29, 1.82) is 0 Å². The number of unbranched alkanes of at least 4 members (excludes halogenated alkanes) is 2. The Balaban J connectivity index is 1.55. The van der Waals surface area contributed by atoms with Crippen LogP contribution in [-0.2, 0) is 6.54 Å². The number of halogens is 2. The maximum atomic E-state index is 12.3. The number of benzene rings is 1. The first kappa shape index (κ1) is 22.8. The quantitative estimate of drug-likeness (QED) is 0.253. The lowest BCUT2D eigenvalue weighted by molar-refractivity contribution is 0.282. The van der Waals surface area contributed by atoms with Crippen LogP contribution in [0.25, 0.3) is 11.0 Å². The molecule has 0 bridgehead atoms. The van der Waals surface area contributed by atoms with Crippen molar-refractivity contribution in [2.24, 2.45) is 0 Å². The average molecular weight is 491 g/mol. The zero-order valence-electron chi connectivity index (χ0n) is 17.6. The van der Waals surface area contributed by atoms with Crippen LogP contribution in [0.15, 0.2) is 46.1 Å². The third-order valence-corrected chi connectivity index (χ3v) is 5.38. The minimum absolute atomic E-state index is 0.262. The lowest BCUT2D eigenvalue weighted by atomic mass is 10.1. The highest BCUT2D eigenvalue weighted by Gasteiger charge is 2.17. The summed E-state index contributed by atoms with van der Waals surface area (Å²) in [5.41, 5.74) is 0.590. The van der Waals surface area contributed by atoms with E-state index >= 15 is 0 Å². The van der Waals surface area contributed by atoms with Crippen molar-refractivity contribution in [2.45, 2.75) is 25.8 Å². The molecule has 1 aromatic carbocycles. The van der Waals surface area contributed by atoms with Crippen molar-refractivity contribution < 1.29 is 13.9 Å². The predicted octanol–water partition coefficient (Wildman–Crippen LogP) is 4.48. The molecule has 0 saturated carbocycles. The molecule has 10 nitrogen and oxygen atoms in total. The molecule has 0 spiro atoms.